The van der Waals surface area contributed by atoms with Crippen LogP contribution < -0.4 is 5.32 Å². The van der Waals surface area contributed by atoms with Crippen molar-refractivity contribution in [3.8, 4) is 0 Å². The average Bonchev–Trinajstić information content (AvgIpc) is 2.46. The Hall–Kier alpha value is -0.830. The second-order valence-electron chi connectivity index (χ2n) is 5.29. The van der Waals surface area contributed by atoms with E-state index >= 15 is 0 Å². The lowest BCUT2D eigenvalue weighted by molar-refractivity contribution is 0.576. The highest BCUT2D eigenvalue weighted by Crippen LogP contribution is 2.24. The van der Waals surface area contributed by atoms with Crippen molar-refractivity contribution in [2.45, 2.75) is 25.7 Å². The van der Waals surface area contributed by atoms with Crippen molar-refractivity contribution in [1.29, 1.82) is 0 Å². The van der Waals surface area contributed by atoms with E-state index in [1.807, 2.05) is 12.1 Å². The quantitative estimate of drug-likeness (QED) is 0.644. The molecule has 0 aliphatic carbocycles. The molecule has 0 bridgehead atoms. The summed E-state index contributed by atoms with van der Waals surface area (Å²) in [5.74, 6) is 0.435. The SMILES string of the molecule is CCCNCC(Cc1cccc(Br)c1)c1cccc(Cl)c1. The van der Waals surface area contributed by atoms with Gasteiger partial charge in [0.2, 0.25) is 0 Å². The van der Waals surface area contributed by atoms with Crippen LogP contribution in [0.2, 0.25) is 5.02 Å². The van der Waals surface area contributed by atoms with Crippen LogP contribution in [-0.4, -0.2) is 13.1 Å². The molecule has 0 fully saturated rings. The minimum absolute atomic E-state index is 0.435. The van der Waals surface area contributed by atoms with Crippen molar-refractivity contribution in [1.82, 2.24) is 5.32 Å². The molecule has 0 saturated heterocycles. The summed E-state index contributed by atoms with van der Waals surface area (Å²) in [5, 5.41) is 4.34. The van der Waals surface area contributed by atoms with Crippen LogP contribution in [0.15, 0.2) is 53.0 Å². The molecule has 0 heterocycles. The monoisotopic (exact) mass is 365 g/mol. The van der Waals surface area contributed by atoms with E-state index in [9.17, 15) is 0 Å². The summed E-state index contributed by atoms with van der Waals surface area (Å²) in [7, 11) is 0. The van der Waals surface area contributed by atoms with E-state index in [-0.39, 0.29) is 0 Å². The fraction of sp³-hybridized carbons (Fsp3) is 0.333. The maximum absolute atomic E-state index is 6.15. The van der Waals surface area contributed by atoms with E-state index in [1.54, 1.807) is 0 Å². The first-order valence-corrected chi connectivity index (χ1v) is 8.56. The predicted octanol–water partition coefficient (Wildman–Crippen LogP) is 5.43. The molecule has 0 saturated carbocycles. The molecule has 2 rings (SSSR count). The van der Waals surface area contributed by atoms with Crippen molar-refractivity contribution in [3.05, 3.63) is 69.2 Å². The zero-order valence-electron chi connectivity index (χ0n) is 12.3. The van der Waals surface area contributed by atoms with Gasteiger partial charge >= 0.3 is 0 Å². The Morgan fingerprint density at radius 2 is 1.95 bits per heavy atom. The molecule has 112 valence electrons. The zero-order chi connectivity index (χ0) is 15.1. The normalized spacial score (nSPS) is 12.3. The van der Waals surface area contributed by atoms with Crippen molar-refractivity contribution < 1.29 is 0 Å². The van der Waals surface area contributed by atoms with Gasteiger partial charge in [-0.05, 0) is 54.8 Å². The van der Waals surface area contributed by atoms with Crippen LogP contribution in [0.4, 0.5) is 0 Å². The summed E-state index contributed by atoms with van der Waals surface area (Å²) in [5.41, 5.74) is 2.64. The van der Waals surface area contributed by atoms with Gasteiger partial charge in [-0.2, -0.15) is 0 Å². The molecule has 1 atom stereocenters. The van der Waals surface area contributed by atoms with Gasteiger partial charge in [-0.1, -0.05) is 58.7 Å². The molecule has 21 heavy (non-hydrogen) atoms. The molecule has 0 amide bonds. The standard InChI is InChI=1S/C18H21BrClN/c1-2-9-21-13-16(15-6-4-8-18(20)12-15)10-14-5-3-7-17(19)11-14/h3-8,11-12,16,21H,2,9-10,13H2,1H3. The van der Waals surface area contributed by atoms with Crippen LogP contribution in [0.1, 0.15) is 30.4 Å². The number of rotatable bonds is 7. The van der Waals surface area contributed by atoms with Crippen molar-refractivity contribution in [2.75, 3.05) is 13.1 Å². The van der Waals surface area contributed by atoms with E-state index in [2.05, 4.69) is 64.6 Å². The lowest BCUT2D eigenvalue weighted by Gasteiger charge is -2.19. The van der Waals surface area contributed by atoms with E-state index in [4.69, 9.17) is 11.6 Å². The number of halogens is 2. The molecule has 0 spiro atoms. The summed E-state index contributed by atoms with van der Waals surface area (Å²) in [4.78, 5) is 0. The third-order valence-electron chi connectivity index (χ3n) is 3.51. The van der Waals surface area contributed by atoms with Crippen molar-refractivity contribution in [3.63, 3.8) is 0 Å². The smallest absolute Gasteiger partial charge is 0.0408 e. The van der Waals surface area contributed by atoms with Gasteiger partial charge in [0.1, 0.15) is 0 Å². The molecule has 3 heteroatoms. The molecule has 2 aromatic rings. The van der Waals surface area contributed by atoms with Gasteiger partial charge in [0, 0.05) is 22.0 Å². The molecule has 1 N–H and O–H groups in total. The first kappa shape index (κ1) is 16.5. The predicted molar refractivity (Wildman–Crippen MR) is 95.2 cm³/mol. The largest absolute Gasteiger partial charge is 0.316 e. The van der Waals surface area contributed by atoms with E-state index in [0.717, 1.165) is 35.4 Å². The Morgan fingerprint density at radius 1 is 1.14 bits per heavy atom. The van der Waals surface area contributed by atoms with Crippen LogP contribution in [0, 0.1) is 0 Å². The Labute approximate surface area is 140 Å². The van der Waals surface area contributed by atoms with Gasteiger partial charge < -0.3 is 5.32 Å². The summed E-state index contributed by atoms with van der Waals surface area (Å²) in [6.07, 6.45) is 2.16. The molecular formula is C18H21BrClN. The zero-order valence-corrected chi connectivity index (χ0v) is 14.6. The topological polar surface area (TPSA) is 12.0 Å². The Kier molecular flexibility index (Phi) is 6.75. The molecule has 0 aromatic heterocycles. The molecule has 0 aliphatic heterocycles. The minimum Gasteiger partial charge on any atom is -0.316 e. The van der Waals surface area contributed by atoms with Crippen LogP contribution in [0.3, 0.4) is 0 Å². The van der Waals surface area contributed by atoms with Gasteiger partial charge in [0.05, 0.1) is 0 Å². The average molecular weight is 367 g/mol. The molecule has 1 nitrogen and oxygen atoms in total. The minimum atomic E-state index is 0.435. The van der Waals surface area contributed by atoms with Crippen LogP contribution >= 0.6 is 27.5 Å². The highest BCUT2D eigenvalue weighted by molar-refractivity contribution is 9.10. The summed E-state index contributed by atoms with van der Waals surface area (Å²) < 4.78 is 1.13. The van der Waals surface area contributed by atoms with Gasteiger partial charge in [-0.3, -0.25) is 0 Å². The summed E-state index contributed by atoms with van der Waals surface area (Å²) in [6, 6.07) is 16.7. The summed E-state index contributed by atoms with van der Waals surface area (Å²) >= 11 is 9.70. The molecular weight excluding hydrogens is 346 g/mol. The molecule has 2 aromatic carbocycles. The van der Waals surface area contributed by atoms with Crippen LogP contribution in [0.5, 0.6) is 0 Å². The third-order valence-corrected chi connectivity index (χ3v) is 4.24. The van der Waals surface area contributed by atoms with Gasteiger partial charge in [0.15, 0.2) is 0 Å². The summed E-state index contributed by atoms with van der Waals surface area (Å²) in [6.45, 7) is 4.21. The highest BCUT2D eigenvalue weighted by atomic mass is 79.9. The number of nitrogens with one attached hydrogen (secondary N) is 1. The lowest BCUT2D eigenvalue weighted by atomic mass is 9.92. The number of benzene rings is 2. The molecule has 0 aliphatic rings. The van der Waals surface area contributed by atoms with Gasteiger partial charge in [0.25, 0.3) is 0 Å². The molecule has 1 unspecified atom stereocenters. The fourth-order valence-electron chi connectivity index (χ4n) is 2.47. The Balaban J connectivity index is 2.15. The second-order valence-corrected chi connectivity index (χ2v) is 6.64. The fourth-order valence-corrected chi connectivity index (χ4v) is 3.12. The third kappa shape index (κ3) is 5.46. The van der Waals surface area contributed by atoms with Crippen molar-refractivity contribution in [2.24, 2.45) is 0 Å². The Morgan fingerprint density at radius 3 is 2.67 bits per heavy atom. The first-order chi connectivity index (χ1) is 10.2. The number of hydrogen-bond acceptors (Lipinski definition) is 1. The van der Waals surface area contributed by atoms with E-state index in [0.29, 0.717) is 5.92 Å². The van der Waals surface area contributed by atoms with Crippen molar-refractivity contribution >= 4 is 27.5 Å². The number of hydrogen-bond donors (Lipinski definition) is 1. The second kappa shape index (κ2) is 8.57. The van der Waals surface area contributed by atoms with E-state index in [1.165, 1.54) is 11.1 Å². The van der Waals surface area contributed by atoms with Gasteiger partial charge in [-0.25, -0.2) is 0 Å². The first-order valence-electron chi connectivity index (χ1n) is 7.39. The van der Waals surface area contributed by atoms with E-state index < -0.39 is 0 Å². The van der Waals surface area contributed by atoms with Gasteiger partial charge in [-0.15, -0.1) is 0 Å². The lowest BCUT2D eigenvalue weighted by Crippen LogP contribution is -2.23. The van der Waals surface area contributed by atoms with Crippen LogP contribution in [-0.2, 0) is 6.42 Å². The van der Waals surface area contributed by atoms with Crippen LogP contribution in [0.25, 0.3) is 0 Å². The maximum atomic E-state index is 6.15. The maximum Gasteiger partial charge on any atom is 0.0408 e. The Bertz CT molecular complexity index is 571. The highest BCUT2D eigenvalue weighted by Gasteiger charge is 2.13. The molecule has 0 radical (unpaired) electrons.